The number of hydrogen-bond acceptors (Lipinski definition) is 5. The van der Waals surface area contributed by atoms with Crippen molar-refractivity contribution in [2.24, 2.45) is 11.1 Å². The normalized spacial score (nSPS) is 22.2. The smallest absolute Gasteiger partial charge is 0.106 e. The van der Waals surface area contributed by atoms with E-state index in [1.165, 1.54) is 11.5 Å². The van der Waals surface area contributed by atoms with Crippen LogP contribution >= 0.6 is 11.5 Å². The molecule has 1 aromatic heterocycles. The van der Waals surface area contributed by atoms with Gasteiger partial charge in [-0.3, -0.25) is 0 Å². The van der Waals surface area contributed by atoms with Crippen LogP contribution in [0.2, 0.25) is 0 Å². The van der Waals surface area contributed by atoms with Crippen molar-refractivity contribution in [2.45, 2.75) is 18.9 Å². The Labute approximate surface area is 74.6 Å². The predicted octanol–water partition coefficient (Wildman–Crippen LogP) is 0.310. The largest absolute Gasteiger partial charge is 0.386 e. The van der Waals surface area contributed by atoms with E-state index in [-0.39, 0.29) is 5.41 Å². The van der Waals surface area contributed by atoms with Gasteiger partial charge in [-0.1, -0.05) is 4.49 Å². The minimum absolute atomic E-state index is 0.0875. The fraction of sp³-hybridized carbons (Fsp3) is 0.714. The van der Waals surface area contributed by atoms with Crippen LogP contribution in [0.3, 0.4) is 0 Å². The summed E-state index contributed by atoms with van der Waals surface area (Å²) in [4.78, 5) is 0. The third kappa shape index (κ3) is 1.14. The van der Waals surface area contributed by atoms with Crippen LogP contribution in [0.25, 0.3) is 0 Å². The molecular formula is C7H11N3OS. The second-order valence-corrected chi connectivity index (χ2v) is 3.91. The topological polar surface area (TPSA) is 72.0 Å². The molecule has 0 radical (unpaired) electrons. The summed E-state index contributed by atoms with van der Waals surface area (Å²) in [5.41, 5.74) is 6.15. The van der Waals surface area contributed by atoms with E-state index in [2.05, 4.69) is 9.59 Å². The molecule has 1 fully saturated rings. The number of aliphatic hydroxyl groups excluding tert-OH is 1. The van der Waals surface area contributed by atoms with Crippen molar-refractivity contribution in [3.63, 3.8) is 0 Å². The van der Waals surface area contributed by atoms with Crippen LogP contribution in [0.5, 0.6) is 0 Å². The molecule has 1 aromatic rings. The van der Waals surface area contributed by atoms with Crippen LogP contribution in [-0.2, 0) is 0 Å². The Morgan fingerprint density at radius 1 is 1.75 bits per heavy atom. The van der Waals surface area contributed by atoms with Crippen LogP contribution in [0.1, 0.15) is 24.6 Å². The molecule has 0 spiro atoms. The lowest BCUT2D eigenvalue weighted by molar-refractivity contribution is 0.0934. The number of aromatic nitrogens is 2. The van der Waals surface area contributed by atoms with E-state index in [0.29, 0.717) is 12.2 Å². The Morgan fingerprint density at radius 2 is 2.50 bits per heavy atom. The van der Waals surface area contributed by atoms with Crippen molar-refractivity contribution in [1.82, 2.24) is 9.59 Å². The van der Waals surface area contributed by atoms with Gasteiger partial charge in [0.2, 0.25) is 0 Å². The molecule has 5 heteroatoms. The molecule has 1 atom stereocenters. The Morgan fingerprint density at radius 3 is 2.92 bits per heavy atom. The lowest BCUT2D eigenvalue weighted by Crippen LogP contribution is -2.23. The SMILES string of the molecule is NCC1(C(O)c2csnn2)CC1. The molecular weight excluding hydrogens is 174 g/mol. The van der Waals surface area contributed by atoms with Crippen LogP contribution in [-0.4, -0.2) is 21.2 Å². The summed E-state index contributed by atoms with van der Waals surface area (Å²) in [5.74, 6) is 0. The van der Waals surface area contributed by atoms with Crippen molar-refractivity contribution >= 4 is 11.5 Å². The van der Waals surface area contributed by atoms with Gasteiger partial charge in [0.05, 0.1) is 0 Å². The van der Waals surface area contributed by atoms with Gasteiger partial charge in [0.1, 0.15) is 11.8 Å². The van der Waals surface area contributed by atoms with Crippen LogP contribution in [0.15, 0.2) is 5.38 Å². The summed E-state index contributed by atoms with van der Waals surface area (Å²) < 4.78 is 3.71. The van der Waals surface area contributed by atoms with Gasteiger partial charge >= 0.3 is 0 Å². The summed E-state index contributed by atoms with van der Waals surface area (Å²) in [6.45, 7) is 0.533. The lowest BCUT2D eigenvalue weighted by atomic mass is 9.97. The highest BCUT2D eigenvalue weighted by Crippen LogP contribution is 2.53. The Hall–Kier alpha value is -0.520. The fourth-order valence-corrected chi connectivity index (χ4v) is 1.83. The van der Waals surface area contributed by atoms with E-state index in [4.69, 9.17) is 5.73 Å². The average Bonchev–Trinajstić information content (AvgIpc) is 2.71. The Bertz CT molecular complexity index is 258. The minimum Gasteiger partial charge on any atom is -0.386 e. The number of nitrogens with zero attached hydrogens (tertiary/aromatic N) is 2. The summed E-state index contributed by atoms with van der Waals surface area (Å²) in [6, 6.07) is 0. The van der Waals surface area contributed by atoms with Gasteiger partial charge in [0.25, 0.3) is 0 Å². The lowest BCUT2D eigenvalue weighted by Gasteiger charge is -2.17. The van der Waals surface area contributed by atoms with Crippen LogP contribution < -0.4 is 5.73 Å². The Balaban J connectivity index is 2.15. The molecule has 3 N–H and O–H groups in total. The number of aliphatic hydroxyl groups is 1. The molecule has 1 unspecified atom stereocenters. The van der Waals surface area contributed by atoms with Crippen LogP contribution in [0.4, 0.5) is 0 Å². The van der Waals surface area contributed by atoms with Gasteiger partial charge in [-0.2, -0.15) is 0 Å². The van der Waals surface area contributed by atoms with Gasteiger partial charge in [0.15, 0.2) is 0 Å². The van der Waals surface area contributed by atoms with Gasteiger partial charge < -0.3 is 10.8 Å². The number of hydrogen-bond donors (Lipinski definition) is 2. The van der Waals surface area contributed by atoms with Crippen molar-refractivity contribution < 1.29 is 5.11 Å². The molecule has 1 aliphatic carbocycles. The maximum Gasteiger partial charge on any atom is 0.106 e. The van der Waals surface area contributed by atoms with Crippen LogP contribution in [0, 0.1) is 5.41 Å². The van der Waals surface area contributed by atoms with E-state index in [0.717, 1.165) is 12.8 Å². The first-order valence-corrected chi connectivity index (χ1v) is 4.77. The molecule has 0 aliphatic heterocycles. The van der Waals surface area contributed by atoms with E-state index in [1.54, 1.807) is 5.38 Å². The zero-order chi connectivity index (χ0) is 8.60. The van der Waals surface area contributed by atoms with Crippen molar-refractivity contribution in [3.05, 3.63) is 11.1 Å². The third-order valence-electron chi connectivity index (χ3n) is 2.54. The zero-order valence-corrected chi connectivity index (χ0v) is 7.42. The molecule has 4 nitrogen and oxygen atoms in total. The van der Waals surface area contributed by atoms with Crippen molar-refractivity contribution in [2.75, 3.05) is 6.54 Å². The molecule has 0 aromatic carbocycles. The molecule has 0 amide bonds. The van der Waals surface area contributed by atoms with Crippen molar-refractivity contribution in [1.29, 1.82) is 0 Å². The van der Waals surface area contributed by atoms with E-state index < -0.39 is 6.10 Å². The highest BCUT2D eigenvalue weighted by molar-refractivity contribution is 7.03. The molecule has 0 saturated heterocycles. The first-order chi connectivity index (χ1) is 5.78. The summed E-state index contributed by atoms with van der Waals surface area (Å²) in [7, 11) is 0. The maximum absolute atomic E-state index is 9.82. The first kappa shape index (κ1) is 8.10. The predicted molar refractivity (Wildman–Crippen MR) is 45.6 cm³/mol. The van der Waals surface area contributed by atoms with Gasteiger partial charge in [-0.05, 0) is 24.4 Å². The highest BCUT2D eigenvalue weighted by atomic mass is 32.1. The maximum atomic E-state index is 9.82. The highest BCUT2D eigenvalue weighted by Gasteiger charge is 2.49. The van der Waals surface area contributed by atoms with E-state index in [1.807, 2.05) is 0 Å². The zero-order valence-electron chi connectivity index (χ0n) is 6.60. The summed E-state index contributed by atoms with van der Waals surface area (Å²) >= 11 is 1.26. The monoisotopic (exact) mass is 185 g/mol. The standard InChI is InChI=1S/C7H11N3OS/c8-4-7(1-2-7)6(11)5-3-12-10-9-5/h3,6,11H,1-2,4,8H2. The van der Waals surface area contributed by atoms with E-state index in [9.17, 15) is 5.11 Å². The fourth-order valence-electron chi connectivity index (χ4n) is 1.35. The van der Waals surface area contributed by atoms with Gasteiger partial charge in [-0.25, -0.2) is 0 Å². The number of nitrogens with two attached hydrogens (primary N) is 1. The molecule has 1 saturated carbocycles. The van der Waals surface area contributed by atoms with Gasteiger partial charge in [0, 0.05) is 17.3 Å². The summed E-state index contributed by atoms with van der Waals surface area (Å²) in [5, 5.41) is 15.4. The molecule has 66 valence electrons. The summed E-state index contributed by atoms with van der Waals surface area (Å²) in [6.07, 6.45) is 1.49. The Kier molecular flexibility index (Phi) is 1.86. The minimum atomic E-state index is -0.513. The van der Waals surface area contributed by atoms with Gasteiger partial charge in [-0.15, -0.1) is 5.10 Å². The number of rotatable bonds is 3. The average molecular weight is 185 g/mol. The first-order valence-electron chi connectivity index (χ1n) is 3.94. The quantitative estimate of drug-likeness (QED) is 0.711. The molecule has 1 aliphatic rings. The van der Waals surface area contributed by atoms with Crippen molar-refractivity contribution in [3.8, 4) is 0 Å². The molecule has 0 bridgehead atoms. The molecule has 12 heavy (non-hydrogen) atoms. The van der Waals surface area contributed by atoms with E-state index >= 15 is 0 Å². The molecule has 2 rings (SSSR count). The third-order valence-corrected chi connectivity index (χ3v) is 3.06. The molecule has 1 heterocycles. The second kappa shape index (κ2) is 2.76. The second-order valence-electron chi connectivity index (χ2n) is 3.30.